The van der Waals surface area contributed by atoms with E-state index in [4.69, 9.17) is 4.74 Å². The molecule has 0 saturated heterocycles. The smallest absolute Gasteiger partial charge is 0.0911 e. The maximum absolute atomic E-state index is 4.89. The summed E-state index contributed by atoms with van der Waals surface area (Å²) in [7, 11) is 0. The molecule has 0 aliphatic carbocycles. The number of rotatable bonds is 0. The Hall–Kier alpha value is -0.460. The largest absolute Gasteiger partial charge is 0.501 e. The molecule has 0 saturated carbocycles. The first kappa shape index (κ1) is 7.54. The third-order valence-electron chi connectivity index (χ3n) is 0.899. The molecule has 0 radical (unpaired) electrons. The van der Waals surface area contributed by atoms with Crippen molar-refractivity contribution in [2.75, 3.05) is 6.61 Å². The average Bonchev–Trinajstić information content (AvgIpc) is 2.24. The highest BCUT2D eigenvalue weighted by atomic mass is 16.5. The van der Waals surface area contributed by atoms with E-state index in [2.05, 4.69) is 6.92 Å². The summed E-state index contributed by atoms with van der Waals surface area (Å²) < 4.78 is 4.89. The van der Waals surface area contributed by atoms with Gasteiger partial charge in [0.2, 0.25) is 0 Å². The molecular weight excluding hydrogens is 100 g/mol. The van der Waals surface area contributed by atoms with Crippen molar-refractivity contribution in [3.63, 3.8) is 0 Å². The third-order valence-corrected chi connectivity index (χ3v) is 0.899. The van der Waals surface area contributed by atoms with Crippen LogP contribution in [0.15, 0.2) is 11.8 Å². The predicted octanol–water partition coefficient (Wildman–Crippen LogP) is 2.34. The van der Waals surface area contributed by atoms with Crippen LogP contribution in [0.5, 0.6) is 0 Å². The fraction of sp³-hybridized carbons (Fsp3) is 0.714. The average molecular weight is 114 g/mol. The van der Waals surface area contributed by atoms with Crippen molar-refractivity contribution < 1.29 is 4.74 Å². The lowest BCUT2D eigenvalue weighted by atomic mass is 10.3. The third kappa shape index (κ3) is 2.67. The molecule has 1 heteroatoms. The minimum Gasteiger partial charge on any atom is -0.501 e. The molecule has 0 N–H and O–H groups in total. The van der Waals surface area contributed by atoms with Crippen molar-refractivity contribution >= 4 is 0 Å². The molecule has 1 aliphatic heterocycles. The molecule has 1 rings (SSSR count). The highest BCUT2D eigenvalue weighted by molar-refractivity contribution is 4.96. The lowest BCUT2D eigenvalue weighted by Gasteiger charge is -1.80. The van der Waals surface area contributed by atoms with Crippen LogP contribution in [0.2, 0.25) is 0 Å². The first-order chi connectivity index (χ1) is 3.89. The van der Waals surface area contributed by atoms with Crippen LogP contribution in [0.4, 0.5) is 0 Å². The van der Waals surface area contributed by atoms with Crippen molar-refractivity contribution in [2.24, 2.45) is 0 Å². The zero-order valence-electron chi connectivity index (χ0n) is 5.90. The lowest BCUT2D eigenvalue weighted by molar-refractivity contribution is 0.281. The fourth-order valence-electron chi connectivity index (χ4n) is 0.480. The van der Waals surface area contributed by atoms with Crippen molar-refractivity contribution in [1.29, 1.82) is 0 Å². The van der Waals surface area contributed by atoms with Gasteiger partial charge in [-0.05, 0) is 12.5 Å². The highest BCUT2D eigenvalue weighted by Crippen LogP contribution is 2.06. The van der Waals surface area contributed by atoms with Crippen LogP contribution in [-0.2, 0) is 4.74 Å². The Morgan fingerprint density at radius 2 is 2.12 bits per heavy atom. The van der Waals surface area contributed by atoms with Gasteiger partial charge in [-0.25, -0.2) is 0 Å². The van der Waals surface area contributed by atoms with E-state index in [1.165, 1.54) is 5.57 Å². The Labute approximate surface area is 51.4 Å². The summed E-state index contributed by atoms with van der Waals surface area (Å²) in [5.74, 6) is 0. The molecule has 1 heterocycles. The van der Waals surface area contributed by atoms with Gasteiger partial charge in [0, 0.05) is 6.42 Å². The summed E-state index contributed by atoms with van der Waals surface area (Å²) in [4.78, 5) is 0. The summed E-state index contributed by atoms with van der Waals surface area (Å²) in [6.45, 7) is 6.97. The van der Waals surface area contributed by atoms with E-state index < -0.39 is 0 Å². The van der Waals surface area contributed by atoms with E-state index in [0.29, 0.717) is 0 Å². The molecule has 0 atom stereocenters. The Morgan fingerprint density at radius 3 is 2.25 bits per heavy atom. The molecule has 0 fully saturated rings. The van der Waals surface area contributed by atoms with Crippen LogP contribution in [-0.4, -0.2) is 6.61 Å². The van der Waals surface area contributed by atoms with E-state index in [9.17, 15) is 0 Å². The zero-order valence-corrected chi connectivity index (χ0v) is 5.90. The molecule has 1 aliphatic rings. The van der Waals surface area contributed by atoms with Gasteiger partial charge in [0.25, 0.3) is 0 Å². The van der Waals surface area contributed by atoms with Gasteiger partial charge >= 0.3 is 0 Å². The van der Waals surface area contributed by atoms with Gasteiger partial charge in [0.1, 0.15) is 0 Å². The fourth-order valence-corrected chi connectivity index (χ4v) is 0.480. The molecule has 0 aromatic heterocycles. The molecule has 1 nitrogen and oxygen atoms in total. The van der Waals surface area contributed by atoms with Crippen molar-refractivity contribution in [3.05, 3.63) is 11.8 Å². The topological polar surface area (TPSA) is 9.23 Å². The minimum absolute atomic E-state index is 0.895. The quantitative estimate of drug-likeness (QED) is 0.469. The summed E-state index contributed by atoms with van der Waals surface area (Å²) in [6, 6.07) is 0. The predicted molar refractivity (Wildman–Crippen MR) is 35.7 cm³/mol. The SMILES string of the molecule is CC.CC1=COCC1. The van der Waals surface area contributed by atoms with Crippen molar-refractivity contribution in [1.82, 2.24) is 0 Å². The van der Waals surface area contributed by atoms with E-state index in [1.54, 1.807) is 0 Å². The van der Waals surface area contributed by atoms with Gasteiger partial charge in [-0.15, -0.1) is 0 Å². The molecule has 0 aromatic carbocycles. The zero-order chi connectivity index (χ0) is 6.41. The van der Waals surface area contributed by atoms with E-state index in [0.717, 1.165) is 13.0 Å². The van der Waals surface area contributed by atoms with Gasteiger partial charge in [-0.2, -0.15) is 0 Å². The maximum atomic E-state index is 4.89. The molecule has 0 bridgehead atoms. The van der Waals surface area contributed by atoms with Gasteiger partial charge in [-0.3, -0.25) is 0 Å². The van der Waals surface area contributed by atoms with Crippen LogP contribution >= 0.6 is 0 Å². The summed E-state index contributed by atoms with van der Waals surface area (Å²) >= 11 is 0. The lowest BCUT2D eigenvalue weighted by Crippen LogP contribution is -1.72. The molecule has 0 aromatic rings. The van der Waals surface area contributed by atoms with Crippen LogP contribution < -0.4 is 0 Å². The van der Waals surface area contributed by atoms with Crippen LogP contribution in [0, 0.1) is 0 Å². The van der Waals surface area contributed by atoms with E-state index in [-0.39, 0.29) is 0 Å². The van der Waals surface area contributed by atoms with Gasteiger partial charge in [-0.1, -0.05) is 13.8 Å². The number of hydrogen-bond donors (Lipinski definition) is 0. The summed E-state index contributed by atoms with van der Waals surface area (Å²) in [5.41, 5.74) is 1.36. The summed E-state index contributed by atoms with van der Waals surface area (Å²) in [5, 5.41) is 0. The number of hydrogen-bond acceptors (Lipinski definition) is 1. The van der Waals surface area contributed by atoms with Crippen LogP contribution in [0.25, 0.3) is 0 Å². The van der Waals surface area contributed by atoms with Crippen LogP contribution in [0.1, 0.15) is 27.2 Å². The van der Waals surface area contributed by atoms with Crippen LogP contribution in [0.3, 0.4) is 0 Å². The molecule has 0 amide bonds. The second kappa shape index (κ2) is 4.69. The van der Waals surface area contributed by atoms with Crippen molar-refractivity contribution in [3.8, 4) is 0 Å². The first-order valence-corrected chi connectivity index (χ1v) is 3.17. The Bertz CT molecular complexity index is 74.5. The molecule has 8 heavy (non-hydrogen) atoms. The molecule has 0 spiro atoms. The van der Waals surface area contributed by atoms with Gasteiger partial charge in [0.05, 0.1) is 12.9 Å². The van der Waals surface area contributed by atoms with Gasteiger partial charge in [0.15, 0.2) is 0 Å². The Balaban J connectivity index is 0.000000222. The molecule has 0 unspecified atom stereocenters. The van der Waals surface area contributed by atoms with E-state index >= 15 is 0 Å². The van der Waals surface area contributed by atoms with Gasteiger partial charge < -0.3 is 4.74 Å². The van der Waals surface area contributed by atoms with Crippen molar-refractivity contribution in [2.45, 2.75) is 27.2 Å². The van der Waals surface area contributed by atoms with E-state index in [1.807, 2.05) is 20.1 Å². The number of ether oxygens (including phenoxy) is 1. The molecular formula is C7H14O. The Morgan fingerprint density at radius 1 is 1.50 bits per heavy atom. The summed E-state index contributed by atoms with van der Waals surface area (Å²) in [6.07, 6.45) is 2.94. The first-order valence-electron chi connectivity index (χ1n) is 3.17. The second-order valence-electron chi connectivity index (χ2n) is 1.58. The second-order valence-corrected chi connectivity index (χ2v) is 1.58. The normalized spacial score (nSPS) is 15.6. The highest BCUT2D eigenvalue weighted by Gasteiger charge is 1.95. The monoisotopic (exact) mass is 114 g/mol. The minimum atomic E-state index is 0.895. The molecule has 48 valence electrons. The Kier molecular flexibility index (Phi) is 4.42. The standard InChI is InChI=1S/C5H8O.C2H6/c1-5-2-3-6-4-5;1-2/h4H,2-3H2,1H3;1-2H3. The maximum Gasteiger partial charge on any atom is 0.0911 e.